The molecule has 0 spiro atoms. The molecule has 148 valence electrons. The molecule has 1 saturated heterocycles. The molecule has 1 aliphatic carbocycles. The van der Waals surface area contributed by atoms with Gasteiger partial charge >= 0.3 is 6.03 Å². The van der Waals surface area contributed by atoms with Gasteiger partial charge in [0, 0.05) is 38.4 Å². The van der Waals surface area contributed by atoms with Crippen LogP contribution in [0.3, 0.4) is 0 Å². The number of ether oxygens (including phenoxy) is 1. The molecular weight excluding hydrogens is 352 g/mol. The lowest BCUT2D eigenvalue weighted by Gasteiger charge is -2.40. The van der Waals surface area contributed by atoms with Gasteiger partial charge in [-0.05, 0) is 36.9 Å². The summed E-state index contributed by atoms with van der Waals surface area (Å²) in [5, 5.41) is 3.05. The quantitative estimate of drug-likeness (QED) is 0.837. The molecular formula is C22H28N4O2. The Morgan fingerprint density at radius 2 is 2.00 bits per heavy atom. The molecule has 2 fully saturated rings. The summed E-state index contributed by atoms with van der Waals surface area (Å²) in [6.45, 7) is 3.65. The minimum Gasteiger partial charge on any atom is -0.477 e. The number of likely N-dealkylation sites (N-methyl/N-ethyl adjacent to an activating group) is 1. The lowest BCUT2D eigenvalue weighted by molar-refractivity contribution is 0.108. The molecule has 6 heteroatoms. The van der Waals surface area contributed by atoms with E-state index in [1.807, 2.05) is 35.2 Å². The highest BCUT2D eigenvalue weighted by molar-refractivity contribution is 5.75. The number of benzene rings is 1. The maximum Gasteiger partial charge on any atom is 0.318 e. The summed E-state index contributed by atoms with van der Waals surface area (Å²) >= 11 is 0. The van der Waals surface area contributed by atoms with E-state index in [4.69, 9.17) is 4.74 Å². The molecule has 1 unspecified atom stereocenters. The molecule has 1 N–H and O–H groups in total. The molecule has 1 atom stereocenters. The van der Waals surface area contributed by atoms with E-state index < -0.39 is 0 Å². The Labute approximate surface area is 166 Å². The lowest BCUT2D eigenvalue weighted by atomic mass is 10.0. The molecule has 1 aromatic heterocycles. The third-order valence-corrected chi connectivity index (χ3v) is 5.43. The largest absolute Gasteiger partial charge is 0.477 e. The van der Waals surface area contributed by atoms with E-state index in [1.165, 1.54) is 18.4 Å². The Morgan fingerprint density at radius 3 is 2.71 bits per heavy atom. The van der Waals surface area contributed by atoms with Gasteiger partial charge in [0.25, 0.3) is 0 Å². The number of carbonyl (C=O) groups excluding carboxylic acids is 1. The number of hydrogen-bond acceptors (Lipinski definition) is 4. The van der Waals surface area contributed by atoms with Gasteiger partial charge in [0.05, 0.1) is 12.6 Å². The van der Waals surface area contributed by atoms with Gasteiger partial charge in [0.15, 0.2) is 0 Å². The highest BCUT2D eigenvalue weighted by Crippen LogP contribution is 2.29. The Kier molecular flexibility index (Phi) is 5.76. The first-order valence-corrected chi connectivity index (χ1v) is 10.0. The van der Waals surface area contributed by atoms with Crippen LogP contribution in [-0.2, 0) is 6.54 Å². The van der Waals surface area contributed by atoms with Gasteiger partial charge in [-0.25, -0.2) is 9.78 Å². The second-order valence-corrected chi connectivity index (χ2v) is 7.80. The Balaban J connectivity index is 1.34. The molecule has 1 aromatic carbocycles. The van der Waals surface area contributed by atoms with Crippen molar-refractivity contribution in [3.63, 3.8) is 0 Å². The van der Waals surface area contributed by atoms with E-state index >= 15 is 0 Å². The van der Waals surface area contributed by atoms with Crippen molar-refractivity contribution in [3.05, 3.63) is 59.8 Å². The fraction of sp³-hybridized carbons (Fsp3) is 0.455. The van der Waals surface area contributed by atoms with Gasteiger partial charge in [-0.15, -0.1) is 0 Å². The van der Waals surface area contributed by atoms with Crippen molar-refractivity contribution in [2.75, 3.05) is 33.3 Å². The molecule has 2 aromatic rings. The van der Waals surface area contributed by atoms with E-state index in [1.54, 1.807) is 6.20 Å². The van der Waals surface area contributed by atoms with Crippen LogP contribution in [0.5, 0.6) is 5.88 Å². The number of carbonyl (C=O) groups is 1. The first-order chi connectivity index (χ1) is 13.7. The number of hydrogen-bond donors (Lipinski definition) is 1. The van der Waals surface area contributed by atoms with Crippen molar-refractivity contribution in [3.8, 4) is 5.88 Å². The molecule has 0 bridgehead atoms. The predicted molar refractivity (Wildman–Crippen MR) is 108 cm³/mol. The van der Waals surface area contributed by atoms with Crippen molar-refractivity contribution in [2.24, 2.45) is 5.92 Å². The summed E-state index contributed by atoms with van der Waals surface area (Å²) in [4.78, 5) is 21.4. The molecule has 6 nitrogen and oxygen atoms in total. The standard InChI is InChI=1S/C22H28N4O2/c1-25-11-12-26(20(15-25)19-5-3-2-4-6-19)22(27)24-14-18-9-10-21(23-13-18)28-16-17-7-8-17/h2-6,9-10,13,17,20H,7-8,11-12,14-16H2,1H3,(H,24,27). The van der Waals surface area contributed by atoms with E-state index in [0.29, 0.717) is 24.9 Å². The maximum atomic E-state index is 12.9. The fourth-order valence-corrected chi connectivity index (χ4v) is 3.49. The first kappa shape index (κ1) is 18.7. The Hall–Kier alpha value is -2.60. The number of aromatic nitrogens is 1. The topological polar surface area (TPSA) is 57.7 Å². The molecule has 1 saturated carbocycles. The van der Waals surface area contributed by atoms with E-state index in [0.717, 1.165) is 25.3 Å². The van der Waals surface area contributed by atoms with Crippen LogP contribution in [-0.4, -0.2) is 54.1 Å². The van der Waals surface area contributed by atoms with Crippen LogP contribution in [0, 0.1) is 5.92 Å². The van der Waals surface area contributed by atoms with Crippen molar-refractivity contribution >= 4 is 6.03 Å². The number of piperazine rings is 1. The minimum absolute atomic E-state index is 0.0315. The molecule has 28 heavy (non-hydrogen) atoms. The van der Waals surface area contributed by atoms with E-state index in [2.05, 4.69) is 34.4 Å². The van der Waals surface area contributed by atoms with Crippen molar-refractivity contribution in [2.45, 2.75) is 25.4 Å². The van der Waals surface area contributed by atoms with Crippen LogP contribution in [0.4, 0.5) is 4.79 Å². The second-order valence-electron chi connectivity index (χ2n) is 7.80. The van der Waals surface area contributed by atoms with Gasteiger partial charge in [0.2, 0.25) is 5.88 Å². The number of pyridine rings is 1. The predicted octanol–water partition coefficient (Wildman–Crippen LogP) is 3.07. The average Bonchev–Trinajstić information content (AvgIpc) is 3.56. The summed E-state index contributed by atoms with van der Waals surface area (Å²) < 4.78 is 5.67. The molecule has 4 rings (SSSR count). The summed E-state index contributed by atoms with van der Waals surface area (Å²) in [6.07, 6.45) is 4.31. The zero-order chi connectivity index (χ0) is 19.3. The zero-order valence-electron chi connectivity index (χ0n) is 16.4. The highest BCUT2D eigenvalue weighted by Gasteiger charge is 2.30. The normalized spacial score (nSPS) is 20.0. The molecule has 2 heterocycles. The average molecular weight is 380 g/mol. The first-order valence-electron chi connectivity index (χ1n) is 10.0. The van der Waals surface area contributed by atoms with Crippen molar-refractivity contribution < 1.29 is 9.53 Å². The molecule has 0 radical (unpaired) electrons. The van der Waals surface area contributed by atoms with Crippen LogP contribution in [0.25, 0.3) is 0 Å². The second kappa shape index (κ2) is 8.61. The third kappa shape index (κ3) is 4.81. The fourth-order valence-electron chi connectivity index (χ4n) is 3.49. The SMILES string of the molecule is CN1CCN(C(=O)NCc2ccc(OCC3CC3)nc2)C(c2ccccc2)C1. The number of nitrogens with one attached hydrogen (secondary N) is 1. The highest BCUT2D eigenvalue weighted by atomic mass is 16.5. The van der Waals surface area contributed by atoms with Crippen LogP contribution >= 0.6 is 0 Å². The monoisotopic (exact) mass is 380 g/mol. The zero-order valence-corrected chi connectivity index (χ0v) is 16.4. The van der Waals surface area contributed by atoms with Crippen LogP contribution < -0.4 is 10.1 Å². The molecule has 2 aliphatic rings. The lowest BCUT2D eigenvalue weighted by Crippen LogP contribution is -2.52. The van der Waals surface area contributed by atoms with Crippen LogP contribution in [0.15, 0.2) is 48.7 Å². The molecule has 1 aliphatic heterocycles. The van der Waals surface area contributed by atoms with Crippen molar-refractivity contribution in [1.82, 2.24) is 20.1 Å². The van der Waals surface area contributed by atoms with Gasteiger partial charge in [-0.3, -0.25) is 0 Å². The third-order valence-electron chi connectivity index (χ3n) is 5.43. The van der Waals surface area contributed by atoms with E-state index in [9.17, 15) is 4.79 Å². The molecule has 2 amide bonds. The number of amides is 2. The summed E-state index contributed by atoms with van der Waals surface area (Å²) in [6, 6.07) is 14.1. The van der Waals surface area contributed by atoms with Gasteiger partial charge in [-0.1, -0.05) is 36.4 Å². The van der Waals surface area contributed by atoms with Gasteiger partial charge < -0.3 is 19.9 Å². The van der Waals surface area contributed by atoms with Crippen LogP contribution in [0.1, 0.15) is 30.0 Å². The minimum atomic E-state index is -0.0315. The number of urea groups is 1. The maximum absolute atomic E-state index is 12.9. The Bertz CT molecular complexity index is 777. The Morgan fingerprint density at radius 1 is 1.18 bits per heavy atom. The summed E-state index contributed by atoms with van der Waals surface area (Å²) in [7, 11) is 2.10. The summed E-state index contributed by atoms with van der Waals surface area (Å²) in [5.41, 5.74) is 2.14. The smallest absolute Gasteiger partial charge is 0.318 e. The van der Waals surface area contributed by atoms with Gasteiger partial charge in [-0.2, -0.15) is 0 Å². The van der Waals surface area contributed by atoms with Crippen LogP contribution in [0.2, 0.25) is 0 Å². The summed E-state index contributed by atoms with van der Waals surface area (Å²) in [5.74, 6) is 1.37. The van der Waals surface area contributed by atoms with E-state index in [-0.39, 0.29) is 12.1 Å². The van der Waals surface area contributed by atoms with Gasteiger partial charge in [0.1, 0.15) is 0 Å². The number of rotatable bonds is 6. The number of nitrogens with zero attached hydrogens (tertiary/aromatic N) is 3. The van der Waals surface area contributed by atoms with Crippen molar-refractivity contribution in [1.29, 1.82) is 0 Å².